The maximum absolute atomic E-state index is 5.83. The third kappa shape index (κ3) is 2.36. The van der Waals surface area contributed by atoms with E-state index in [4.69, 9.17) is 23.1 Å². The summed E-state index contributed by atoms with van der Waals surface area (Å²) in [5.41, 5.74) is 11.6. The molecule has 86 valence electrons. The van der Waals surface area contributed by atoms with E-state index in [2.05, 4.69) is 27.4 Å². The molecule has 1 aromatic heterocycles. The third-order valence-corrected chi connectivity index (χ3v) is 2.81. The number of nitrogens with zero attached hydrogens (tertiary/aromatic N) is 2. The highest BCUT2D eigenvalue weighted by molar-refractivity contribution is 6.32. The molecule has 0 fully saturated rings. The molecule has 1 aliphatic rings. The van der Waals surface area contributed by atoms with Crippen LogP contribution in [0.25, 0.3) is 0 Å². The minimum absolute atomic E-state index is 0.132. The molecule has 16 heavy (non-hydrogen) atoms. The van der Waals surface area contributed by atoms with Crippen LogP contribution in [0.2, 0.25) is 5.15 Å². The van der Waals surface area contributed by atoms with E-state index >= 15 is 0 Å². The number of hydrogen-bond acceptors (Lipinski definition) is 5. The molecule has 1 aromatic rings. The molecule has 5 nitrogen and oxygen atoms in total. The Morgan fingerprint density at radius 1 is 1.31 bits per heavy atom. The molecule has 0 saturated heterocycles. The van der Waals surface area contributed by atoms with Crippen molar-refractivity contribution < 1.29 is 0 Å². The molecule has 1 unspecified atom stereocenters. The van der Waals surface area contributed by atoms with E-state index in [1.807, 2.05) is 0 Å². The lowest BCUT2D eigenvalue weighted by Crippen LogP contribution is -2.22. The molecule has 1 heterocycles. The maximum Gasteiger partial charge on any atom is 0.223 e. The Bertz CT molecular complexity index is 418. The van der Waals surface area contributed by atoms with Crippen LogP contribution < -0.4 is 16.8 Å². The van der Waals surface area contributed by atoms with E-state index in [1.165, 1.54) is 0 Å². The van der Waals surface area contributed by atoms with Gasteiger partial charge in [-0.3, -0.25) is 0 Å². The SMILES string of the molecule is Nc1nc(Cl)c(N)c(NC2CC=CCC2)n1. The zero-order chi connectivity index (χ0) is 11.5. The van der Waals surface area contributed by atoms with Crippen molar-refractivity contribution in [2.75, 3.05) is 16.8 Å². The molecule has 0 aromatic carbocycles. The fraction of sp³-hybridized carbons (Fsp3) is 0.400. The Kier molecular flexibility index (Phi) is 3.14. The normalized spacial score (nSPS) is 19.7. The summed E-state index contributed by atoms with van der Waals surface area (Å²) >= 11 is 5.83. The van der Waals surface area contributed by atoms with Crippen molar-refractivity contribution >= 4 is 29.1 Å². The zero-order valence-corrected chi connectivity index (χ0v) is 9.54. The number of hydrogen-bond donors (Lipinski definition) is 3. The number of nitrogens with one attached hydrogen (secondary N) is 1. The van der Waals surface area contributed by atoms with Gasteiger partial charge in [0.1, 0.15) is 5.69 Å². The van der Waals surface area contributed by atoms with Gasteiger partial charge in [-0.1, -0.05) is 23.8 Å². The highest BCUT2D eigenvalue weighted by Crippen LogP contribution is 2.26. The van der Waals surface area contributed by atoms with E-state index in [0.29, 0.717) is 17.5 Å². The molecule has 1 atom stereocenters. The highest BCUT2D eigenvalue weighted by Gasteiger charge is 2.14. The first-order valence-corrected chi connectivity index (χ1v) is 5.54. The highest BCUT2D eigenvalue weighted by atomic mass is 35.5. The first kappa shape index (κ1) is 11.0. The fourth-order valence-corrected chi connectivity index (χ4v) is 1.86. The van der Waals surface area contributed by atoms with Gasteiger partial charge in [-0.2, -0.15) is 9.97 Å². The van der Waals surface area contributed by atoms with Gasteiger partial charge in [-0.05, 0) is 19.3 Å². The summed E-state index contributed by atoms with van der Waals surface area (Å²) in [5, 5.41) is 3.43. The Labute approximate surface area is 98.9 Å². The van der Waals surface area contributed by atoms with Crippen LogP contribution in [0.1, 0.15) is 19.3 Å². The van der Waals surface area contributed by atoms with Crippen LogP contribution in [0.15, 0.2) is 12.2 Å². The average Bonchev–Trinajstić information content (AvgIpc) is 2.27. The van der Waals surface area contributed by atoms with E-state index < -0.39 is 0 Å². The number of anilines is 3. The first-order valence-electron chi connectivity index (χ1n) is 5.17. The molecular formula is C10H14ClN5. The standard InChI is InChI=1S/C10H14ClN5/c11-8-7(12)9(16-10(13)15-8)14-6-4-2-1-3-5-6/h1-2,6H,3-5,12H2,(H3,13,14,15,16). The summed E-state index contributed by atoms with van der Waals surface area (Å²) < 4.78 is 0. The molecule has 0 aliphatic heterocycles. The van der Waals surface area contributed by atoms with Gasteiger partial charge in [0.15, 0.2) is 11.0 Å². The van der Waals surface area contributed by atoms with Crippen LogP contribution in [0.5, 0.6) is 0 Å². The topological polar surface area (TPSA) is 89.8 Å². The zero-order valence-electron chi connectivity index (χ0n) is 8.78. The van der Waals surface area contributed by atoms with Gasteiger partial charge in [0.2, 0.25) is 5.95 Å². The van der Waals surface area contributed by atoms with Crippen molar-refractivity contribution in [2.24, 2.45) is 0 Å². The van der Waals surface area contributed by atoms with Gasteiger partial charge in [0.05, 0.1) is 0 Å². The van der Waals surface area contributed by atoms with Crippen molar-refractivity contribution in [2.45, 2.75) is 25.3 Å². The lowest BCUT2D eigenvalue weighted by Gasteiger charge is -2.21. The Morgan fingerprint density at radius 2 is 2.12 bits per heavy atom. The van der Waals surface area contributed by atoms with Crippen molar-refractivity contribution in [1.82, 2.24) is 9.97 Å². The van der Waals surface area contributed by atoms with Crippen LogP contribution in [0.3, 0.4) is 0 Å². The van der Waals surface area contributed by atoms with Crippen molar-refractivity contribution in [3.8, 4) is 0 Å². The summed E-state index contributed by atoms with van der Waals surface area (Å²) in [6.45, 7) is 0. The molecule has 0 radical (unpaired) electrons. The number of allylic oxidation sites excluding steroid dienone is 1. The summed E-state index contributed by atoms with van der Waals surface area (Å²) in [4.78, 5) is 7.83. The molecule has 0 saturated carbocycles. The predicted octanol–water partition coefficient (Wildman–Crippen LogP) is 1.81. The largest absolute Gasteiger partial charge is 0.393 e. The van der Waals surface area contributed by atoms with Crippen LogP contribution in [-0.4, -0.2) is 16.0 Å². The van der Waals surface area contributed by atoms with Crippen molar-refractivity contribution in [3.05, 3.63) is 17.3 Å². The smallest absolute Gasteiger partial charge is 0.223 e. The van der Waals surface area contributed by atoms with Crippen LogP contribution in [0.4, 0.5) is 17.5 Å². The number of halogens is 1. The van der Waals surface area contributed by atoms with Crippen LogP contribution in [-0.2, 0) is 0 Å². The Morgan fingerprint density at radius 3 is 2.81 bits per heavy atom. The second-order valence-corrected chi connectivity index (χ2v) is 4.12. The van der Waals surface area contributed by atoms with Gasteiger partial charge in [0, 0.05) is 6.04 Å². The number of aromatic nitrogens is 2. The number of nitrogens with two attached hydrogens (primary N) is 2. The lowest BCUT2D eigenvalue weighted by atomic mass is 10.0. The Hall–Kier alpha value is -1.49. The van der Waals surface area contributed by atoms with Gasteiger partial charge < -0.3 is 16.8 Å². The number of nitrogen functional groups attached to an aromatic ring is 2. The quantitative estimate of drug-likeness (QED) is 0.541. The summed E-state index contributed by atoms with van der Waals surface area (Å²) in [6.07, 6.45) is 7.39. The summed E-state index contributed by atoms with van der Waals surface area (Å²) in [5.74, 6) is 0.658. The van der Waals surface area contributed by atoms with Crippen molar-refractivity contribution in [1.29, 1.82) is 0 Å². The molecule has 1 aliphatic carbocycles. The molecule has 0 bridgehead atoms. The molecule has 0 amide bonds. The fourth-order valence-electron chi connectivity index (χ4n) is 1.69. The minimum atomic E-state index is 0.132. The lowest BCUT2D eigenvalue weighted by molar-refractivity contribution is 0.642. The number of rotatable bonds is 2. The first-order chi connectivity index (χ1) is 7.66. The molecule has 5 N–H and O–H groups in total. The summed E-state index contributed by atoms with van der Waals surface area (Å²) in [7, 11) is 0. The second kappa shape index (κ2) is 4.57. The van der Waals surface area contributed by atoms with E-state index in [1.54, 1.807) is 0 Å². The van der Waals surface area contributed by atoms with Crippen molar-refractivity contribution in [3.63, 3.8) is 0 Å². The molecule has 0 spiro atoms. The third-order valence-electron chi connectivity index (χ3n) is 2.53. The van der Waals surface area contributed by atoms with E-state index in [0.717, 1.165) is 19.3 Å². The monoisotopic (exact) mass is 239 g/mol. The van der Waals surface area contributed by atoms with E-state index in [9.17, 15) is 0 Å². The maximum atomic E-state index is 5.83. The molecule has 2 rings (SSSR count). The van der Waals surface area contributed by atoms with Crippen LogP contribution in [0, 0.1) is 0 Å². The Balaban J connectivity index is 2.17. The average molecular weight is 240 g/mol. The van der Waals surface area contributed by atoms with E-state index in [-0.39, 0.29) is 11.1 Å². The predicted molar refractivity (Wildman–Crippen MR) is 66.3 cm³/mol. The molecule has 6 heteroatoms. The summed E-state index contributed by atoms with van der Waals surface area (Å²) in [6, 6.07) is 0.331. The van der Waals surface area contributed by atoms with Gasteiger partial charge in [0.25, 0.3) is 0 Å². The van der Waals surface area contributed by atoms with Crippen LogP contribution >= 0.6 is 11.6 Å². The van der Waals surface area contributed by atoms with Gasteiger partial charge >= 0.3 is 0 Å². The molecular weight excluding hydrogens is 226 g/mol. The second-order valence-electron chi connectivity index (χ2n) is 3.76. The van der Waals surface area contributed by atoms with Gasteiger partial charge in [-0.15, -0.1) is 0 Å². The van der Waals surface area contributed by atoms with Gasteiger partial charge in [-0.25, -0.2) is 0 Å². The minimum Gasteiger partial charge on any atom is -0.393 e.